The summed E-state index contributed by atoms with van der Waals surface area (Å²) in [6, 6.07) is 1.73. The Morgan fingerprint density at radius 2 is 2.28 bits per heavy atom. The van der Waals surface area contributed by atoms with Crippen molar-refractivity contribution >= 4 is 33.2 Å². The Balaban J connectivity index is 2.09. The van der Waals surface area contributed by atoms with E-state index in [0.29, 0.717) is 12.4 Å². The molecule has 0 N–H and O–H groups in total. The van der Waals surface area contributed by atoms with E-state index in [0.717, 1.165) is 15.8 Å². The Hall–Kier alpha value is -1.54. The van der Waals surface area contributed by atoms with Crippen molar-refractivity contribution in [2.75, 3.05) is 6.61 Å². The summed E-state index contributed by atoms with van der Waals surface area (Å²) < 4.78 is 11.0. The monoisotopic (exact) mass is 329 g/mol. The van der Waals surface area contributed by atoms with Crippen molar-refractivity contribution in [1.29, 1.82) is 0 Å². The van der Waals surface area contributed by atoms with Crippen LogP contribution in [0.15, 0.2) is 22.9 Å². The van der Waals surface area contributed by atoms with Crippen molar-refractivity contribution in [1.82, 2.24) is 15.2 Å². The fraction of sp³-hybridized carbons (Fsp3) is 0.200. The van der Waals surface area contributed by atoms with Crippen molar-refractivity contribution in [3.63, 3.8) is 0 Å². The van der Waals surface area contributed by atoms with Crippen LogP contribution >= 0.6 is 27.3 Å². The summed E-state index contributed by atoms with van der Waals surface area (Å²) in [7, 11) is 0. The number of rotatable bonds is 4. The smallest absolute Gasteiger partial charge is 0.369 e. The Morgan fingerprint density at radius 3 is 3.00 bits per heavy atom. The molecule has 18 heavy (non-hydrogen) atoms. The first-order valence-corrected chi connectivity index (χ1v) is 6.59. The molecule has 0 fully saturated rings. The van der Waals surface area contributed by atoms with Crippen LogP contribution in [0.3, 0.4) is 0 Å². The average molecular weight is 330 g/mol. The van der Waals surface area contributed by atoms with Crippen molar-refractivity contribution < 1.29 is 14.3 Å². The van der Waals surface area contributed by atoms with Crippen molar-refractivity contribution in [2.45, 2.75) is 6.92 Å². The van der Waals surface area contributed by atoms with Crippen LogP contribution in [0, 0.1) is 0 Å². The van der Waals surface area contributed by atoms with Crippen molar-refractivity contribution in [2.24, 2.45) is 0 Å². The Kier molecular flexibility index (Phi) is 4.21. The van der Waals surface area contributed by atoms with Crippen LogP contribution in [-0.4, -0.2) is 27.8 Å². The second kappa shape index (κ2) is 5.87. The molecule has 2 aromatic rings. The first-order chi connectivity index (χ1) is 8.69. The van der Waals surface area contributed by atoms with Gasteiger partial charge in [-0.15, -0.1) is 5.10 Å². The minimum Gasteiger partial charge on any atom is -0.461 e. The van der Waals surface area contributed by atoms with Gasteiger partial charge >= 0.3 is 5.97 Å². The zero-order chi connectivity index (χ0) is 13.0. The first-order valence-electron chi connectivity index (χ1n) is 4.98. The highest BCUT2D eigenvalue weighted by atomic mass is 79.9. The highest BCUT2D eigenvalue weighted by Gasteiger charge is 2.14. The third-order valence-electron chi connectivity index (χ3n) is 1.74. The number of carbonyl (C=O) groups excluding carboxylic acids is 1. The topological polar surface area (TPSA) is 74.2 Å². The molecular weight excluding hydrogens is 322 g/mol. The number of ether oxygens (including phenoxy) is 2. The predicted molar refractivity (Wildman–Crippen MR) is 67.9 cm³/mol. The SMILES string of the molecule is CCOC(=O)c1nnc(Oc2cncc(Br)c2)s1. The van der Waals surface area contributed by atoms with Crippen LogP contribution in [0.4, 0.5) is 0 Å². The van der Waals surface area contributed by atoms with Gasteiger partial charge in [-0.05, 0) is 40.3 Å². The number of halogens is 1. The van der Waals surface area contributed by atoms with Gasteiger partial charge in [-0.25, -0.2) is 4.79 Å². The molecule has 2 rings (SSSR count). The Bertz CT molecular complexity index is 561. The van der Waals surface area contributed by atoms with Gasteiger partial charge in [0.25, 0.3) is 5.19 Å². The van der Waals surface area contributed by atoms with Crippen LogP contribution in [-0.2, 0) is 4.74 Å². The average Bonchev–Trinajstić information content (AvgIpc) is 2.78. The molecule has 0 bridgehead atoms. The predicted octanol–water partition coefficient (Wildman–Crippen LogP) is 2.66. The number of esters is 1. The number of hydrogen-bond acceptors (Lipinski definition) is 7. The summed E-state index contributed by atoms with van der Waals surface area (Å²) in [5.41, 5.74) is 0. The molecule has 8 heteroatoms. The molecule has 0 aliphatic heterocycles. The lowest BCUT2D eigenvalue weighted by molar-refractivity contribution is 0.0525. The lowest BCUT2D eigenvalue weighted by Gasteiger charge is -1.99. The van der Waals surface area contributed by atoms with Crippen LogP contribution in [0.1, 0.15) is 16.7 Å². The lowest BCUT2D eigenvalue weighted by Crippen LogP contribution is -2.03. The molecule has 0 spiro atoms. The quantitative estimate of drug-likeness (QED) is 0.803. The number of nitrogens with zero attached hydrogens (tertiary/aromatic N) is 3. The second-order valence-corrected chi connectivity index (χ2v) is 4.89. The zero-order valence-electron chi connectivity index (χ0n) is 9.29. The Morgan fingerprint density at radius 1 is 1.44 bits per heavy atom. The molecule has 6 nitrogen and oxygen atoms in total. The molecule has 0 amide bonds. The number of hydrogen-bond donors (Lipinski definition) is 0. The van der Waals surface area contributed by atoms with Gasteiger partial charge in [-0.2, -0.15) is 0 Å². The minimum atomic E-state index is -0.503. The standard InChI is InChI=1S/C10H8BrN3O3S/c1-2-16-9(15)8-13-14-10(18-8)17-7-3-6(11)4-12-5-7/h3-5H,2H2,1H3. The van der Waals surface area contributed by atoms with Crippen molar-refractivity contribution in [3.05, 3.63) is 27.9 Å². The minimum absolute atomic E-state index is 0.162. The maximum Gasteiger partial charge on any atom is 0.369 e. The molecule has 0 aliphatic carbocycles. The van der Waals surface area contributed by atoms with E-state index >= 15 is 0 Å². The molecular formula is C10H8BrN3O3S. The summed E-state index contributed by atoms with van der Waals surface area (Å²) in [5.74, 6) is 0.00755. The van der Waals surface area contributed by atoms with Gasteiger partial charge in [0.2, 0.25) is 5.01 Å². The largest absolute Gasteiger partial charge is 0.461 e. The summed E-state index contributed by atoms with van der Waals surface area (Å²) in [6.45, 7) is 2.02. The van der Waals surface area contributed by atoms with E-state index in [-0.39, 0.29) is 10.2 Å². The highest BCUT2D eigenvalue weighted by molar-refractivity contribution is 9.10. The van der Waals surface area contributed by atoms with E-state index in [1.54, 1.807) is 19.2 Å². The summed E-state index contributed by atoms with van der Waals surface area (Å²) in [5, 5.41) is 7.86. The van der Waals surface area contributed by atoms with E-state index in [2.05, 4.69) is 31.1 Å². The van der Waals surface area contributed by atoms with Gasteiger partial charge in [-0.3, -0.25) is 4.98 Å². The highest BCUT2D eigenvalue weighted by Crippen LogP contribution is 2.26. The number of aromatic nitrogens is 3. The molecule has 0 atom stereocenters. The van der Waals surface area contributed by atoms with E-state index < -0.39 is 5.97 Å². The molecule has 2 heterocycles. The third kappa shape index (κ3) is 3.23. The van der Waals surface area contributed by atoms with E-state index in [9.17, 15) is 4.79 Å². The van der Waals surface area contributed by atoms with Crippen LogP contribution in [0.5, 0.6) is 10.9 Å². The fourth-order valence-corrected chi connectivity index (χ4v) is 2.03. The van der Waals surface area contributed by atoms with Gasteiger partial charge in [0.15, 0.2) is 0 Å². The van der Waals surface area contributed by atoms with Gasteiger partial charge in [0.05, 0.1) is 12.8 Å². The summed E-state index contributed by atoms with van der Waals surface area (Å²) >= 11 is 4.29. The van der Waals surface area contributed by atoms with Crippen LogP contribution < -0.4 is 4.74 Å². The van der Waals surface area contributed by atoms with E-state index in [4.69, 9.17) is 9.47 Å². The molecule has 0 aliphatic rings. The first kappa shape index (κ1) is 12.9. The van der Waals surface area contributed by atoms with E-state index in [1.807, 2.05) is 0 Å². The molecule has 0 aromatic carbocycles. The van der Waals surface area contributed by atoms with Gasteiger partial charge in [-0.1, -0.05) is 5.10 Å². The molecule has 0 saturated heterocycles. The Labute approximate surface area is 115 Å². The van der Waals surface area contributed by atoms with Gasteiger partial charge < -0.3 is 9.47 Å². The van der Waals surface area contributed by atoms with Crippen molar-refractivity contribution in [3.8, 4) is 10.9 Å². The molecule has 2 aromatic heterocycles. The fourth-order valence-electron chi connectivity index (χ4n) is 1.08. The summed E-state index contributed by atoms with van der Waals surface area (Å²) in [4.78, 5) is 15.3. The number of carbonyl (C=O) groups is 1. The second-order valence-electron chi connectivity index (χ2n) is 3.03. The van der Waals surface area contributed by atoms with E-state index in [1.165, 1.54) is 6.20 Å². The summed E-state index contributed by atoms with van der Waals surface area (Å²) in [6.07, 6.45) is 3.17. The van der Waals surface area contributed by atoms with Gasteiger partial charge in [0, 0.05) is 10.7 Å². The molecule has 0 unspecified atom stereocenters. The zero-order valence-corrected chi connectivity index (χ0v) is 11.7. The molecule has 94 valence electrons. The third-order valence-corrected chi connectivity index (χ3v) is 2.96. The van der Waals surface area contributed by atoms with Crippen LogP contribution in [0.25, 0.3) is 0 Å². The van der Waals surface area contributed by atoms with Crippen LogP contribution in [0.2, 0.25) is 0 Å². The maximum atomic E-state index is 11.4. The lowest BCUT2D eigenvalue weighted by atomic mass is 10.5. The van der Waals surface area contributed by atoms with Gasteiger partial charge in [0.1, 0.15) is 5.75 Å². The number of pyridine rings is 1. The molecule has 0 saturated carbocycles. The maximum absolute atomic E-state index is 11.4. The molecule has 0 radical (unpaired) electrons. The normalized spacial score (nSPS) is 10.1.